The van der Waals surface area contributed by atoms with Crippen LogP contribution in [0.5, 0.6) is 5.75 Å². The molecule has 2 nitrogen and oxygen atoms in total. The van der Waals surface area contributed by atoms with Gasteiger partial charge in [-0.1, -0.05) is 12.1 Å². The molecule has 0 aliphatic heterocycles. The summed E-state index contributed by atoms with van der Waals surface area (Å²) in [7, 11) is 1.66. The minimum absolute atomic E-state index is 0.104. The van der Waals surface area contributed by atoms with Crippen molar-refractivity contribution in [2.75, 3.05) is 7.11 Å². The van der Waals surface area contributed by atoms with Crippen molar-refractivity contribution in [3.05, 3.63) is 50.1 Å². The highest BCUT2D eigenvalue weighted by Gasteiger charge is 2.14. The second-order valence-electron chi connectivity index (χ2n) is 3.82. The SMILES string of the molecule is COc1cccc(C(N)c2cc(Br)sc2C)c1. The molecule has 0 aliphatic carbocycles. The summed E-state index contributed by atoms with van der Waals surface area (Å²) in [6, 6.07) is 9.88. The maximum atomic E-state index is 6.28. The third kappa shape index (κ3) is 2.70. The van der Waals surface area contributed by atoms with Crippen LogP contribution in [0.15, 0.2) is 34.1 Å². The molecule has 0 fully saturated rings. The summed E-state index contributed by atoms with van der Waals surface area (Å²) in [4.78, 5) is 1.24. The third-order valence-electron chi connectivity index (χ3n) is 2.71. The normalized spacial score (nSPS) is 12.5. The number of ether oxygens (including phenoxy) is 1. The summed E-state index contributed by atoms with van der Waals surface area (Å²) < 4.78 is 6.33. The van der Waals surface area contributed by atoms with E-state index in [9.17, 15) is 0 Å². The number of nitrogens with two attached hydrogens (primary N) is 1. The quantitative estimate of drug-likeness (QED) is 0.933. The first-order valence-electron chi connectivity index (χ1n) is 5.27. The number of methoxy groups -OCH3 is 1. The average Bonchev–Trinajstić information content (AvgIpc) is 2.67. The molecule has 17 heavy (non-hydrogen) atoms. The Hall–Kier alpha value is -0.840. The fourth-order valence-electron chi connectivity index (χ4n) is 1.78. The summed E-state index contributed by atoms with van der Waals surface area (Å²) in [6.45, 7) is 2.09. The van der Waals surface area contributed by atoms with E-state index in [1.54, 1.807) is 18.4 Å². The first kappa shape index (κ1) is 12.6. The van der Waals surface area contributed by atoms with Crippen molar-refractivity contribution >= 4 is 27.3 Å². The van der Waals surface area contributed by atoms with Crippen LogP contribution in [0.25, 0.3) is 0 Å². The molecule has 1 atom stereocenters. The number of rotatable bonds is 3. The van der Waals surface area contributed by atoms with E-state index in [-0.39, 0.29) is 6.04 Å². The maximum absolute atomic E-state index is 6.28. The Bertz CT molecular complexity index is 524. The molecular formula is C13H14BrNOS. The summed E-state index contributed by atoms with van der Waals surface area (Å²) in [5.74, 6) is 0.838. The van der Waals surface area contributed by atoms with Crippen molar-refractivity contribution in [1.29, 1.82) is 0 Å². The van der Waals surface area contributed by atoms with E-state index in [0.29, 0.717) is 0 Å². The van der Waals surface area contributed by atoms with Gasteiger partial charge < -0.3 is 10.5 Å². The zero-order chi connectivity index (χ0) is 12.4. The second-order valence-corrected chi connectivity index (χ2v) is 6.45. The molecule has 1 aromatic heterocycles. The zero-order valence-corrected chi connectivity index (χ0v) is 12.1. The highest BCUT2D eigenvalue weighted by molar-refractivity contribution is 9.11. The van der Waals surface area contributed by atoms with Gasteiger partial charge in [0.15, 0.2) is 0 Å². The second kappa shape index (κ2) is 5.21. The predicted molar refractivity (Wildman–Crippen MR) is 75.8 cm³/mol. The molecule has 2 N–H and O–H groups in total. The van der Waals surface area contributed by atoms with Crippen molar-refractivity contribution in [2.45, 2.75) is 13.0 Å². The lowest BCUT2D eigenvalue weighted by molar-refractivity contribution is 0.414. The standard InChI is InChI=1S/C13H14BrNOS/c1-8-11(7-12(14)17-8)13(15)9-4-3-5-10(6-9)16-2/h3-7,13H,15H2,1-2H3. The summed E-state index contributed by atoms with van der Waals surface area (Å²) >= 11 is 5.20. The van der Waals surface area contributed by atoms with Crippen molar-refractivity contribution in [2.24, 2.45) is 5.73 Å². The van der Waals surface area contributed by atoms with E-state index in [1.165, 1.54) is 4.88 Å². The number of benzene rings is 1. The van der Waals surface area contributed by atoms with Crippen LogP contribution in [0, 0.1) is 6.92 Å². The van der Waals surface area contributed by atoms with Crippen LogP contribution in [0.4, 0.5) is 0 Å². The Balaban J connectivity index is 2.36. The smallest absolute Gasteiger partial charge is 0.119 e. The van der Waals surface area contributed by atoms with Crippen LogP contribution >= 0.6 is 27.3 Å². The Labute approximate surface area is 114 Å². The van der Waals surface area contributed by atoms with Gasteiger partial charge in [0.1, 0.15) is 5.75 Å². The predicted octanol–water partition coefficient (Wildman–Crippen LogP) is 3.88. The van der Waals surface area contributed by atoms with Crippen molar-refractivity contribution in [3.63, 3.8) is 0 Å². The minimum Gasteiger partial charge on any atom is -0.497 e. The number of aryl methyl sites for hydroxylation is 1. The van der Waals surface area contributed by atoms with Gasteiger partial charge >= 0.3 is 0 Å². The zero-order valence-electron chi connectivity index (χ0n) is 9.74. The van der Waals surface area contributed by atoms with Crippen LogP contribution < -0.4 is 10.5 Å². The first-order valence-corrected chi connectivity index (χ1v) is 6.88. The highest BCUT2D eigenvalue weighted by atomic mass is 79.9. The van der Waals surface area contributed by atoms with Gasteiger partial charge in [0.05, 0.1) is 16.9 Å². The van der Waals surface area contributed by atoms with Crippen molar-refractivity contribution in [1.82, 2.24) is 0 Å². The van der Waals surface area contributed by atoms with Crippen LogP contribution in [0.1, 0.15) is 22.0 Å². The molecule has 4 heteroatoms. The Kier molecular flexibility index (Phi) is 3.86. The molecule has 1 aromatic carbocycles. The number of hydrogen-bond acceptors (Lipinski definition) is 3. The fourth-order valence-corrected chi connectivity index (χ4v) is 3.54. The summed E-state index contributed by atoms with van der Waals surface area (Å²) in [6.07, 6.45) is 0. The molecule has 2 aromatic rings. The van der Waals surface area contributed by atoms with Gasteiger partial charge in [-0.2, -0.15) is 0 Å². The largest absolute Gasteiger partial charge is 0.497 e. The molecule has 0 saturated carbocycles. The Morgan fingerprint density at radius 3 is 2.71 bits per heavy atom. The summed E-state index contributed by atoms with van der Waals surface area (Å²) in [5.41, 5.74) is 8.51. The molecule has 0 radical (unpaired) electrons. The topological polar surface area (TPSA) is 35.2 Å². The molecule has 0 saturated heterocycles. The van der Waals surface area contributed by atoms with Gasteiger partial charge in [-0.3, -0.25) is 0 Å². The third-order valence-corrected chi connectivity index (χ3v) is 4.28. The molecule has 0 aliphatic rings. The monoisotopic (exact) mass is 311 g/mol. The molecular weight excluding hydrogens is 298 g/mol. The van der Waals surface area contributed by atoms with Gasteiger partial charge in [-0.05, 0) is 52.2 Å². The molecule has 1 heterocycles. The van der Waals surface area contributed by atoms with Gasteiger partial charge in [0, 0.05) is 4.88 Å². The van der Waals surface area contributed by atoms with Crippen LogP contribution in [-0.4, -0.2) is 7.11 Å². The van der Waals surface area contributed by atoms with Gasteiger partial charge in [-0.25, -0.2) is 0 Å². The molecule has 0 spiro atoms. The minimum atomic E-state index is -0.104. The van der Waals surface area contributed by atoms with Crippen LogP contribution in [0.3, 0.4) is 0 Å². The van der Waals surface area contributed by atoms with E-state index < -0.39 is 0 Å². The van der Waals surface area contributed by atoms with E-state index >= 15 is 0 Å². The maximum Gasteiger partial charge on any atom is 0.119 e. The lowest BCUT2D eigenvalue weighted by atomic mass is 10.0. The molecule has 0 amide bonds. The molecule has 90 valence electrons. The fraction of sp³-hybridized carbons (Fsp3) is 0.231. The van der Waals surface area contributed by atoms with Gasteiger partial charge in [0.25, 0.3) is 0 Å². The van der Waals surface area contributed by atoms with E-state index in [1.807, 2.05) is 24.3 Å². The number of hydrogen-bond donors (Lipinski definition) is 1. The van der Waals surface area contributed by atoms with E-state index in [4.69, 9.17) is 10.5 Å². The number of thiophene rings is 1. The van der Waals surface area contributed by atoms with Crippen molar-refractivity contribution < 1.29 is 4.74 Å². The lowest BCUT2D eigenvalue weighted by Crippen LogP contribution is -2.11. The average molecular weight is 312 g/mol. The lowest BCUT2D eigenvalue weighted by Gasteiger charge is -2.13. The van der Waals surface area contributed by atoms with Crippen LogP contribution in [0.2, 0.25) is 0 Å². The van der Waals surface area contributed by atoms with Crippen LogP contribution in [-0.2, 0) is 0 Å². The summed E-state index contributed by atoms with van der Waals surface area (Å²) in [5, 5.41) is 0. The van der Waals surface area contributed by atoms with E-state index in [2.05, 4.69) is 28.9 Å². The Morgan fingerprint density at radius 2 is 2.12 bits per heavy atom. The Morgan fingerprint density at radius 1 is 1.35 bits per heavy atom. The molecule has 1 unspecified atom stereocenters. The first-order chi connectivity index (χ1) is 8.11. The van der Waals surface area contributed by atoms with Gasteiger partial charge in [0.2, 0.25) is 0 Å². The highest BCUT2D eigenvalue weighted by Crippen LogP contribution is 2.33. The van der Waals surface area contributed by atoms with E-state index in [0.717, 1.165) is 20.7 Å². The van der Waals surface area contributed by atoms with Crippen molar-refractivity contribution in [3.8, 4) is 5.75 Å². The number of halogens is 1. The van der Waals surface area contributed by atoms with Gasteiger partial charge in [-0.15, -0.1) is 11.3 Å². The molecule has 0 bridgehead atoms. The molecule has 2 rings (SSSR count).